The first-order chi connectivity index (χ1) is 11.8. The van der Waals surface area contributed by atoms with Crippen molar-refractivity contribution in [2.24, 2.45) is 10.6 Å². The van der Waals surface area contributed by atoms with Crippen LogP contribution >= 0.6 is 0 Å². The summed E-state index contributed by atoms with van der Waals surface area (Å²) in [7, 11) is -3.69. The molecular weight excluding hydrogens is 337 g/mol. The summed E-state index contributed by atoms with van der Waals surface area (Å²) in [6.07, 6.45) is 4.43. The molecule has 4 rings (SSSR count). The predicted molar refractivity (Wildman–Crippen MR) is 96.7 cm³/mol. The van der Waals surface area contributed by atoms with Crippen LogP contribution in [0.25, 0.3) is 11.1 Å². The van der Waals surface area contributed by atoms with Crippen LogP contribution in [0.2, 0.25) is 0 Å². The molecule has 0 heterocycles. The third-order valence-corrected chi connectivity index (χ3v) is 6.39. The maximum Gasteiger partial charge on any atom is 0.238 e. The first-order valence-corrected chi connectivity index (χ1v) is 9.94. The van der Waals surface area contributed by atoms with Crippen LogP contribution in [0.3, 0.4) is 0 Å². The van der Waals surface area contributed by atoms with Crippen molar-refractivity contribution in [2.75, 3.05) is 0 Å². The highest BCUT2D eigenvalue weighted by atomic mass is 32.2. The summed E-state index contributed by atoms with van der Waals surface area (Å²) in [5, 5.41) is 5.19. The van der Waals surface area contributed by atoms with Crippen molar-refractivity contribution < 1.29 is 12.8 Å². The number of rotatable bonds is 3. The van der Waals surface area contributed by atoms with Gasteiger partial charge in [0.15, 0.2) is 0 Å². The highest BCUT2D eigenvalue weighted by Crippen LogP contribution is 2.63. The zero-order valence-corrected chi connectivity index (χ0v) is 14.9. The van der Waals surface area contributed by atoms with Crippen LogP contribution in [0.15, 0.2) is 47.4 Å². The van der Waals surface area contributed by atoms with E-state index in [0.29, 0.717) is 11.0 Å². The molecule has 0 amide bonds. The first kappa shape index (κ1) is 16.5. The van der Waals surface area contributed by atoms with Gasteiger partial charge in [0, 0.05) is 0 Å². The summed E-state index contributed by atoms with van der Waals surface area (Å²) >= 11 is 0. The molecule has 0 radical (unpaired) electrons. The SMILES string of the molecule is Cc1cc(C2=C(c3ccc(S(N)(=O)=O)cc3)CC3(CC3)C2)ccc1F. The van der Waals surface area contributed by atoms with Gasteiger partial charge in [-0.3, -0.25) is 0 Å². The normalized spacial score (nSPS) is 18.8. The lowest BCUT2D eigenvalue weighted by atomic mass is 9.96. The summed E-state index contributed by atoms with van der Waals surface area (Å²) in [4.78, 5) is 0.121. The second kappa shape index (κ2) is 5.51. The van der Waals surface area contributed by atoms with Gasteiger partial charge in [-0.1, -0.05) is 18.2 Å². The van der Waals surface area contributed by atoms with E-state index < -0.39 is 10.0 Å². The van der Waals surface area contributed by atoms with Crippen LogP contribution in [-0.2, 0) is 10.0 Å². The Hall–Kier alpha value is -1.98. The summed E-state index contributed by atoms with van der Waals surface area (Å²) < 4.78 is 36.6. The standard InChI is InChI=1S/C20H20FNO2S/c1-13-10-15(4-7-19(13)21)18-12-20(8-9-20)11-17(18)14-2-5-16(6-3-14)25(22,23)24/h2-7,10H,8-9,11-12H2,1H3,(H2,22,23,24). The van der Waals surface area contributed by atoms with Crippen molar-refractivity contribution in [2.45, 2.75) is 37.5 Å². The molecule has 0 aromatic heterocycles. The number of benzene rings is 2. The highest BCUT2D eigenvalue weighted by molar-refractivity contribution is 7.89. The van der Waals surface area contributed by atoms with E-state index in [1.807, 2.05) is 24.3 Å². The number of sulfonamides is 1. The fourth-order valence-corrected chi connectivity index (χ4v) is 4.30. The number of hydrogen-bond acceptors (Lipinski definition) is 2. The Kier molecular flexibility index (Phi) is 3.63. The smallest absolute Gasteiger partial charge is 0.225 e. The topological polar surface area (TPSA) is 60.2 Å². The Morgan fingerprint density at radius 2 is 1.52 bits per heavy atom. The van der Waals surface area contributed by atoms with Crippen LogP contribution in [0.4, 0.5) is 4.39 Å². The lowest BCUT2D eigenvalue weighted by Crippen LogP contribution is -2.11. The van der Waals surface area contributed by atoms with Gasteiger partial charge in [0.1, 0.15) is 5.82 Å². The zero-order valence-electron chi connectivity index (χ0n) is 14.0. The fraction of sp³-hybridized carbons (Fsp3) is 0.300. The third-order valence-electron chi connectivity index (χ3n) is 5.46. The van der Waals surface area contributed by atoms with Gasteiger partial charge in [0.25, 0.3) is 0 Å². The highest BCUT2D eigenvalue weighted by Gasteiger charge is 2.48. The van der Waals surface area contributed by atoms with E-state index in [1.54, 1.807) is 19.1 Å². The Bertz CT molecular complexity index is 987. The molecule has 1 spiro atoms. The van der Waals surface area contributed by atoms with Crippen LogP contribution < -0.4 is 5.14 Å². The molecule has 0 bridgehead atoms. The Morgan fingerprint density at radius 1 is 0.960 bits per heavy atom. The summed E-state index contributed by atoms with van der Waals surface area (Å²) in [5.41, 5.74) is 5.58. The van der Waals surface area contributed by atoms with Gasteiger partial charge in [-0.05, 0) is 90.1 Å². The molecule has 0 atom stereocenters. The fourth-order valence-electron chi connectivity index (χ4n) is 3.79. The van der Waals surface area contributed by atoms with E-state index in [2.05, 4.69) is 0 Å². The Labute approximate surface area is 147 Å². The molecule has 0 unspecified atom stereocenters. The van der Waals surface area contributed by atoms with E-state index in [4.69, 9.17) is 5.14 Å². The summed E-state index contributed by atoms with van der Waals surface area (Å²) in [5.74, 6) is -0.192. The van der Waals surface area contributed by atoms with Crippen LogP contribution in [0.1, 0.15) is 42.4 Å². The minimum absolute atomic E-state index is 0.121. The van der Waals surface area contributed by atoms with Gasteiger partial charge in [0.2, 0.25) is 10.0 Å². The minimum atomic E-state index is -3.69. The molecule has 2 aliphatic carbocycles. The molecule has 0 aliphatic heterocycles. The second-order valence-electron chi connectivity index (χ2n) is 7.34. The van der Waals surface area contributed by atoms with Crippen molar-refractivity contribution in [3.63, 3.8) is 0 Å². The van der Waals surface area contributed by atoms with Gasteiger partial charge in [-0.15, -0.1) is 0 Å². The summed E-state index contributed by atoms with van der Waals surface area (Å²) in [6, 6.07) is 12.0. The molecule has 2 aliphatic rings. The lowest BCUT2D eigenvalue weighted by Gasteiger charge is -2.10. The lowest BCUT2D eigenvalue weighted by molar-refractivity contribution is 0.568. The van der Waals surface area contributed by atoms with Gasteiger partial charge >= 0.3 is 0 Å². The number of allylic oxidation sites excluding steroid dienone is 2. The van der Waals surface area contributed by atoms with E-state index in [-0.39, 0.29) is 10.7 Å². The molecule has 0 saturated heterocycles. The van der Waals surface area contributed by atoms with Gasteiger partial charge in [0.05, 0.1) is 4.90 Å². The average molecular weight is 357 g/mol. The monoisotopic (exact) mass is 357 g/mol. The van der Waals surface area contributed by atoms with E-state index in [1.165, 1.54) is 30.1 Å². The van der Waals surface area contributed by atoms with Crippen LogP contribution in [-0.4, -0.2) is 8.42 Å². The van der Waals surface area contributed by atoms with Gasteiger partial charge in [-0.25, -0.2) is 17.9 Å². The van der Waals surface area contributed by atoms with Crippen LogP contribution in [0.5, 0.6) is 0 Å². The predicted octanol–water partition coefficient (Wildman–Crippen LogP) is 4.27. The molecule has 2 aromatic rings. The third kappa shape index (κ3) is 3.02. The number of hydrogen-bond donors (Lipinski definition) is 1. The molecule has 25 heavy (non-hydrogen) atoms. The van der Waals surface area contributed by atoms with Crippen molar-refractivity contribution in [3.8, 4) is 0 Å². The van der Waals surface area contributed by atoms with E-state index in [0.717, 1.165) is 24.0 Å². The van der Waals surface area contributed by atoms with Crippen molar-refractivity contribution in [3.05, 3.63) is 65.0 Å². The molecule has 3 nitrogen and oxygen atoms in total. The van der Waals surface area contributed by atoms with Gasteiger partial charge < -0.3 is 0 Å². The number of halogens is 1. The molecule has 2 N–H and O–H groups in total. The number of nitrogens with two attached hydrogens (primary N) is 1. The number of primary sulfonamides is 1. The van der Waals surface area contributed by atoms with Crippen molar-refractivity contribution in [1.82, 2.24) is 0 Å². The zero-order chi connectivity index (χ0) is 17.8. The Balaban J connectivity index is 1.79. The molecule has 5 heteroatoms. The molecular formula is C20H20FNO2S. The maximum absolute atomic E-state index is 13.6. The van der Waals surface area contributed by atoms with Gasteiger partial charge in [-0.2, -0.15) is 0 Å². The van der Waals surface area contributed by atoms with E-state index >= 15 is 0 Å². The average Bonchev–Trinajstić information content (AvgIpc) is 3.20. The largest absolute Gasteiger partial charge is 0.238 e. The number of aryl methyl sites for hydroxylation is 1. The molecule has 130 valence electrons. The van der Waals surface area contributed by atoms with Crippen molar-refractivity contribution in [1.29, 1.82) is 0 Å². The Morgan fingerprint density at radius 3 is 2.04 bits per heavy atom. The second-order valence-corrected chi connectivity index (χ2v) is 8.91. The maximum atomic E-state index is 13.6. The minimum Gasteiger partial charge on any atom is -0.225 e. The first-order valence-electron chi connectivity index (χ1n) is 8.39. The molecule has 1 saturated carbocycles. The van der Waals surface area contributed by atoms with E-state index in [9.17, 15) is 12.8 Å². The van der Waals surface area contributed by atoms with Crippen LogP contribution in [0, 0.1) is 18.2 Å². The summed E-state index contributed by atoms with van der Waals surface area (Å²) in [6.45, 7) is 1.78. The van der Waals surface area contributed by atoms with Crippen molar-refractivity contribution >= 4 is 21.2 Å². The quantitative estimate of drug-likeness (QED) is 0.892. The molecule has 2 aromatic carbocycles. The molecule has 1 fully saturated rings.